The van der Waals surface area contributed by atoms with E-state index < -0.39 is 15.9 Å². The fraction of sp³-hybridized carbons (Fsp3) is 0.278. The van der Waals surface area contributed by atoms with Gasteiger partial charge in [0.15, 0.2) is 0 Å². The second-order valence-corrected chi connectivity index (χ2v) is 8.21. The second-order valence-electron chi connectivity index (χ2n) is 5.89. The number of piperidine rings is 1. The highest BCUT2D eigenvalue weighted by Crippen LogP contribution is 2.26. The Bertz CT molecular complexity index is 877. The van der Waals surface area contributed by atoms with Crippen molar-refractivity contribution in [2.24, 2.45) is 0 Å². The first-order valence-corrected chi connectivity index (χ1v) is 9.97. The molecule has 0 radical (unpaired) electrons. The van der Waals surface area contributed by atoms with Gasteiger partial charge >= 0.3 is 0 Å². The molecular weight excluding hydrogens is 360 g/mol. The van der Waals surface area contributed by atoms with E-state index >= 15 is 0 Å². The molecule has 0 unspecified atom stereocenters. The summed E-state index contributed by atoms with van der Waals surface area (Å²) in [6.07, 6.45) is 2.71. The third-order valence-corrected chi connectivity index (χ3v) is 6.47. The number of amides is 1. The number of benzene rings is 2. The van der Waals surface area contributed by atoms with Crippen LogP contribution in [-0.4, -0.2) is 31.7 Å². The molecule has 0 aliphatic carbocycles. The Hall–Kier alpha value is -1.89. The van der Waals surface area contributed by atoms with Gasteiger partial charge in [0.2, 0.25) is 10.0 Å². The molecule has 2 aromatic rings. The Morgan fingerprint density at radius 1 is 0.960 bits per heavy atom. The maximum Gasteiger partial charge on any atom is 0.257 e. The predicted octanol–water partition coefficient (Wildman–Crippen LogP) is 3.77. The van der Waals surface area contributed by atoms with Crippen LogP contribution >= 0.6 is 11.6 Å². The van der Waals surface area contributed by atoms with Crippen molar-refractivity contribution in [3.63, 3.8) is 0 Å². The van der Waals surface area contributed by atoms with Gasteiger partial charge < -0.3 is 5.32 Å². The van der Waals surface area contributed by atoms with Crippen LogP contribution < -0.4 is 5.32 Å². The fourth-order valence-corrected chi connectivity index (χ4v) is 4.76. The zero-order chi connectivity index (χ0) is 17.9. The summed E-state index contributed by atoms with van der Waals surface area (Å²) in [5, 5.41) is 3.08. The number of hydrogen-bond donors (Lipinski definition) is 1. The Morgan fingerprint density at radius 2 is 1.60 bits per heavy atom. The fourth-order valence-electron chi connectivity index (χ4n) is 2.88. The largest absolute Gasteiger partial charge is 0.321 e. The number of nitrogens with zero attached hydrogens (tertiary/aromatic N) is 1. The average Bonchev–Trinajstić information content (AvgIpc) is 2.64. The molecule has 0 atom stereocenters. The number of sulfonamides is 1. The smallest absolute Gasteiger partial charge is 0.257 e. The van der Waals surface area contributed by atoms with Crippen molar-refractivity contribution in [1.29, 1.82) is 0 Å². The van der Waals surface area contributed by atoms with Gasteiger partial charge in [0.1, 0.15) is 0 Å². The lowest BCUT2D eigenvalue weighted by atomic mass is 10.2. The number of anilines is 1. The number of carbonyl (C=O) groups excluding carboxylic acids is 1. The van der Waals surface area contributed by atoms with Gasteiger partial charge in [-0.3, -0.25) is 4.79 Å². The molecule has 1 amide bonds. The van der Waals surface area contributed by atoms with E-state index in [0.29, 0.717) is 23.8 Å². The van der Waals surface area contributed by atoms with Crippen LogP contribution in [0.4, 0.5) is 5.69 Å². The summed E-state index contributed by atoms with van der Waals surface area (Å²) in [5.41, 5.74) is 0.562. The lowest BCUT2D eigenvalue weighted by Gasteiger charge is -2.26. The van der Waals surface area contributed by atoms with Crippen LogP contribution in [0.3, 0.4) is 0 Å². The van der Waals surface area contributed by atoms with Gasteiger partial charge in [-0.05, 0) is 37.1 Å². The van der Waals surface area contributed by atoms with Crippen LogP contribution in [0.25, 0.3) is 0 Å². The van der Waals surface area contributed by atoms with Crippen LogP contribution in [0.2, 0.25) is 5.02 Å². The van der Waals surface area contributed by atoms with E-state index in [4.69, 9.17) is 11.6 Å². The summed E-state index contributed by atoms with van der Waals surface area (Å²) in [4.78, 5) is 12.7. The monoisotopic (exact) mass is 378 g/mol. The molecule has 1 aliphatic heterocycles. The number of hydrogen-bond acceptors (Lipinski definition) is 3. The summed E-state index contributed by atoms with van der Waals surface area (Å²) >= 11 is 6.07. The van der Waals surface area contributed by atoms with Crippen molar-refractivity contribution < 1.29 is 13.2 Å². The van der Waals surface area contributed by atoms with E-state index in [0.717, 1.165) is 19.3 Å². The molecule has 7 heteroatoms. The molecule has 0 aromatic heterocycles. The van der Waals surface area contributed by atoms with Gasteiger partial charge in [0, 0.05) is 13.1 Å². The van der Waals surface area contributed by atoms with Gasteiger partial charge in [0.05, 0.1) is 21.2 Å². The SMILES string of the molecule is O=C(Nc1ccccc1Cl)c1ccccc1S(=O)(=O)N1CCCCC1. The molecule has 1 saturated heterocycles. The van der Waals surface area contributed by atoms with Crippen molar-refractivity contribution in [3.05, 3.63) is 59.1 Å². The van der Waals surface area contributed by atoms with Crippen LogP contribution in [-0.2, 0) is 10.0 Å². The Morgan fingerprint density at radius 3 is 2.32 bits per heavy atom. The lowest BCUT2D eigenvalue weighted by molar-refractivity contribution is 0.102. The third kappa shape index (κ3) is 3.86. The van der Waals surface area contributed by atoms with Gasteiger partial charge in [0.25, 0.3) is 5.91 Å². The molecule has 2 aromatic carbocycles. The standard InChI is InChI=1S/C18H19ClN2O3S/c19-15-9-3-4-10-16(15)20-18(22)14-8-2-5-11-17(14)25(23,24)21-12-6-1-7-13-21/h2-5,8-11H,1,6-7,12-13H2,(H,20,22). The van der Waals surface area contributed by atoms with Crippen molar-refractivity contribution in [2.75, 3.05) is 18.4 Å². The topological polar surface area (TPSA) is 66.5 Å². The summed E-state index contributed by atoms with van der Waals surface area (Å²) in [5.74, 6) is -0.496. The molecule has 0 spiro atoms. The van der Waals surface area contributed by atoms with E-state index in [1.54, 1.807) is 36.4 Å². The van der Waals surface area contributed by atoms with E-state index in [1.807, 2.05) is 0 Å². The van der Waals surface area contributed by atoms with Crippen LogP contribution in [0.5, 0.6) is 0 Å². The molecule has 0 bridgehead atoms. The van der Waals surface area contributed by atoms with Gasteiger partial charge in [-0.15, -0.1) is 0 Å². The Labute approximate surface area is 152 Å². The maximum absolute atomic E-state index is 13.0. The molecular formula is C18H19ClN2O3S. The lowest BCUT2D eigenvalue weighted by Crippen LogP contribution is -2.36. The van der Waals surface area contributed by atoms with E-state index in [-0.39, 0.29) is 10.5 Å². The summed E-state index contributed by atoms with van der Waals surface area (Å²) in [7, 11) is -3.70. The summed E-state index contributed by atoms with van der Waals surface area (Å²) < 4.78 is 27.4. The predicted molar refractivity (Wildman–Crippen MR) is 98.5 cm³/mol. The first-order valence-electron chi connectivity index (χ1n) is 8.15. The van der Waals surface area contributed by atoms with Crippen molar-refractivity contribution in [2.45, 2.75) is 24.2 Å². The van der Waals surface area contributed by atoms with Gasteiger partial charge in [-0.1, -0.05) is 42.3 Å². The minimum Gasteiger partial charge on any atom is -0.321 e. The molecule has 1 heterocycles. The molecule has 0 saturated carbocycles. The first kappa shape index (κ1) is 17.9. The highest BCUT2D eigenvalue weighted by molar-refractivity contribution is 7.89. The highest BCUT2D eigenvalue weighted by atomic mass is 35.5. The molecule has 1 N–H and O–H groups in total. The van der Waals surface area contributed by atoms with Gasteiger partial charge in [-0.25, -0.2) is 8.42 Å². The summed E-state index contributed by atoms with van der Waals surface area (Å²) in [6.45, 7) is 0.978. The molecule has 25 heavy (non-hydrogen) atoms. The molecule has 1 fully saturated rings. The van der Waals surface area contributed by atoms with Gasteiger partial charge in [-0.2, -0.15) is 4.31 Å². The Kier molecular flexibility index (Phi) is 5.42. The molecule has 1 aliphatic rings. The maximum atomic E-state index is 13.0. The average molecular weight is 379 g/mol. The number of halogens is 1. The zero-order valence-corrected chi connectivity index (χ0v) is 15.2. The number of carbonyl (C=O) groups is 1. The van der Waals surface area contributed by atoms with Crippen LogP contribution in [0.1, 0.15) is 29.6 Å². The number of rotatable bonds is 4. The van der Waals surface area contributed by atoms with Crippen molar-refractivity contribution in [1.82, 2.24) is 4.31 Å². The molecule has 132 valence electrons. The number of para-hydroxylation sites is 1. The number of nitrogens with one attached hydrogen (secondary N) is 1. The molecule has 5 nitrogen and oxygen atoms in total. The summed E-state index contributed by atoms with van der Waals surface area (Å²) in [6, 6.07) is 13.1. The highest BCUT2D eigenvalue weighted by Gasteiger charge is 2.29. The van der Waals surface area contributed by atoms with Crippen LogP contribution in [0, 0.1) is 0 Å². The van der Waals surface area contributed by atoms with Crippen molar-refractivity contribution in [3.8, 4) is 0 Å². The normalized spacial score (nSPS) is 15.7. The van der Waals surface area contributed by atoms with E-state index in [1.165, 1.54) is 16.4 Å². The minimum absolute atomic E-state index is 0.0291. The second kappa shape index (κ2) is 7.56. The minimum atomic E-state index is -3.70. The molecule has 3 rings (SSSR count). The van der Waals surface area contributed by atoms with Crippen LogP contribution in [0.15, 0.2) is 53.4 Å². The Balaban J connectivity index is 1.93. The van der Waals surface area contributed by atoms with E-state index in [2.05, 4.69) is 5.32 Å². The van der Waals surface area contributed by atoms with Crippen molar-refractivity contribution >= 4 is 33.2 Å². The zero-order valence-electron chi connectivity index (χ0n) is 13.6. The van der Waals surface area contributed by atoms with E-state index in [9.17, 15) is 13.2 Å². The quantitative estimate of drug-likeness (QED) is 0.880. The third-order valence-electron chi connectivity index (χ3n) is 4.19. The first-order chi connectivity index (χ1) is 12.0.